The number of rotatable bonds is 4. The number of phenols is 1. The summed E-state index contributed by atoms with van der Waals surface area (Å²) < 4.78 is 63.9. The van der Waals surface area contributed by atoms with Gasteiger partial charge in [0.25, 0.3) is 20.2 Å². The van der Waals surface area contributed by atoms with Crippen LogP contribution in [-0.2, 0) is 20.2 Å². The Balaban J connectivity index is 2.15. The van der Waals surface area contributed by atoms with Crippen molar-refractivity contribution in [3.8, 4) is 5.75 Å². The zero-order valence-corrected chi connectivity index (χ0v) is 15.5. The summed E-state index contributed by atoms with van der Waals surface area (Å²) in [6.07, 6.45) is 0. The van der Waals surface area contributed by atoms with E-state index >= 15 is 0 Å². The Morgan fingerprint density at radius 3 is 2.07 bits per heavy atom. The summed E-state index contributed by atoms with van der Waals surface area (Å²) in [4.78, 5) is -0.849. The molecular formula is C16H13N3O7S2. The van der Waals surface area contributed by atoms with Crippen LogP contribution < -0.4 is 5.73 Å². The molecule has 0 heterocycles. The average Bonchev–Trinajstić information content (AvgIpc) is 2.59. The lowest BCUT2D eigenvalue weighted by atomic mass is 10.1. The van der Waals surface area contributed by atoms with Crippen molar-refractivity contribution in [2.75, 3.05) is 5.73 Å². The van der Waals surface area contributed by atoms with Crippen molar-refractivity contribution < 1.29 is 31.0 Å². The maximum atomic E-state index is 11.7. The van der Waals surface area contributed by atoms with Crippen molar-refractivity contribution in [3.05, 3.63) is 48.5 Å². The third-order valence-electron chi connectivity index (χ3n) is 3.81. The van der Waals surface area contributed by atoms with Crippen molar-refractivity contribution >= 4 is 48.1 Å². The Hall–Kier alpha value is -3.06. The number of aromatic hydroxyl groups is 1. The van der Waals surface area contributed by atoms with E-state index in [-0.39, 0.29) is 38.5 Å². The summed E-state index contributed by atoms with van der Waals surface area (Å²) in [6, 6.07) is 9.76. The SMILES string of the molecule is Nc1c(N=Nc2ccc(S(=O)(=O)O)cc2)cc(S(=O)(=O)O)c2cccc(O)c12. The maximum absolute atomic E-state index is 11.7. The molecule has 28 heavy (non-hydrogen) atoms. The largest absolute Gasteiger partial charge is 0.507 e. The summed E-state index contributed by atoms with van der Waals surface area (Å²) >= 11 is 0. The summed E-state index contributed by atoms with van der Waals surface area (Å²) in [5.74, 6) is -0.311. The van der Waals surface area contributed by atoms with E-state index in [1.54, 1.807) is 0 Å². The zero-order chi connectivity index (χ0) is 20.7. The van der Waals surface area contributed by atoms with Gasteiger partial charge in [0.05, 0.1) is 21.7 Å². The van der Waals surface area contributed by atoms with Gasteiger partial charge < -0.3 is 10.8 Å². The first-order valence-electron chi connectivity index (χ1n) is 7.49. The first kappa shape index (κ1) is 19.7. The standard InChI is InChI=1S/C16H13N3O7S2/c17-16-12(19-18-9-4-6-10(7-5-9)27(21,22)23)8-14(28(24,25)26)11-2-1-3-13(20)15(11)16/h1-8,20H,17H2,(H,21,22,23)(H,24,25,26). The van der Waals surface area contributed by atoms with E-state index in [9.17, 15) is 26.5 Å². The van der Waals surface area contributed by atoms with Gasteiger partial charge in [-0.25, -0.2) is 0 Å². The van der Waals surface area contributed by atoms with Crippen LogP contribution in [0.3, 0.4) is 0 Å². The molecule has 0 amide bonds. The van der Waals surface area contributed by atoms with Crippen LogP contribution in [0.25, 0.3) is 10.8 Å². The Bertz CT molecular complexity index is 1320. The van der Waals surface area contributed by atoms with Crippen molar-refractivity contribution in [1.82, 2.24) is 0 Å². The number of nitrogens with zero attached hydrogens (tertiary/aromatic N) is 2. The van der Waals surface area contributed by atoms with Crippen molar-refractivity contribution in [2.45, 2.75) is 9.79 Å². The number of nitrogens with two attached hydrogens (primary N) is 1. The topological polar surface area (TPSA) is 180 Å². The van der Waals surface area contributed by atoms with E-state index in [0.717, 1.165) is 18.2 Å². The van der Waals surface area contributed by atoms with Crippen LogP contribution in [0, 0.1) is 0 Å². The van der Waals surface area contributed by atoms with Crippen LogP contribution in [-0.4, -0.2) is 31.0 Å². The maximum Gasteiger partial charge on any atom is 0.295 e. The fourth-order valence-electron chi connectivity index (χ4n) is 2.53. The highest BCUT2D eigenvalue weighted by molar-refractivity contribution is 7.86. The lowest BCUT2D eigenvalue weighted by molar-refractivity contribution is 0.480. The minimum absolute atomic E-state index is 0.0106. The van der Waals surface area contributed by atoms with Crippen LogP contribution in [0.1, 0.15) is 0 Å². The molecule has 0 unspecified atom stereocenters. The fraction of sp³-hybridized carbons (Fsp3) is 0. The Kier molecular flexibility index (Phi) is 4.81. The normalized spacial score (nSPS) is 12.6. The van der Waals surface area contributed by atoms with E-state index in [2.05, 4.69) is 10.2 Å². The third-order valence-corrected chi connectivity index (χ3v) is 5.57. The van der Waals surface area contributed by atoms with Gasteiger partial charge >= 0.3 is 0 Å². The molecule has 12 heteroatoms. The number of benzene rings is 3. The van der Waals surface area contributed by atoms with Gasteiger partial charge in [-0.15, -0.1) is 5.11 Å². The molecule has 0 saturated carbocycles. The molecule has 3 rings (SSSR count). The number of phenolic OH excluding ortho intramolecular Hbond substituents is 1. The molecule has 0 spiro atoms. The quantitative estimate of drug-likeness (QED) is 0.281. The smallest absolute Gasteiger partial charge is 0.295 e. The lowest BCUT2D eigenvalue weighted by Gasteiger charge is -2.10. The molecule has 0 radical (unpaired) electrons. The minimum atomic E-state index is -4.65. The van der Waals surface area contributed by atoms with Crippen LogP contribution in [0.15, 0.2) is 68.6 Å². The molecule has 0 fully saturated rings. The predicted octanol–water partition coefficient (Wildman–Crippen LogP) is 3.04. The van der Waals surface area contributed by atoms with Gasteiger partial charge in [-0.2, -0.15) is 21.9 Å². The lowest BCUT2D eigenvalue weighted by Crippen LogP contribution is -2.01. The zero-order valence-electron chi connectivity index (χ0n) is 13.9. The summed E-state index contributed by atoms with van der Waals surface area (Å²) in [5.41, 5.74) is 5.94. The molecule has 0 bridgehead atoms. The van der Waals surface area contributed by atoms with E-state index in [4.69, 9.17) is 10.3 Å². The van der Waals surface area contributed by atoms with E-state index < -0.39 is 25.1 Å². The van der Waals surface area contributed by atoms with Gasteiger partial charge in [0.1, 0.15) is 16.3 Å². The van der Waals surface area contributed by atoms with Crippen LogP contribution >= 0.6 is 0 Å². The summed E-state index contributed by atoms with van der Waals surface area (Å²) in [5, 5.41) is 17.7. The van der Waals surface area contributed by atoms with Crippen LogP contribution in [0.4, 0.5) is 17.1 Å². The molecule has 0 atom stereocenters. The molecule has 0 aliphatic heterocycles. The number of anilines is 1. The van der Waals surface area contributed by atoms with Gasteiger partial charge in [-0.1, -0.05) is 12.1 Å². The van der Waals surface area contributed by atoms with Gasteiger partial charge in [-0.05, 0) is 36.4 Å². The average molecular weight is 423 g/mol. The molecule has 3 aromatic carbocycles. The minimum Gasteiger partial charge on any atom is -0.507 e. The van der Waals surface area contributed by atoms with Crippen molar-refractivity contribution in [3.63, 3.8) is 0 Å². The molecule has 3 aromatic rings. The second-order valence-electron chi connectivity index (χ2n) is 5.65. The van der Waals surface area contributed by atoms with Gasteiger partial charge in [-0.3, -0.25) is 9.11 Å². The number of hydrogen-bond donors (Lipinski definition) is 4. The second-order valence-corrected chi connectivity index (χ2v) is 8.46. The number of azo groups is 1. The molecule has 0 aliphatic rings. The van der Waals surface area contributed by atoms with Crippen molar-refractivity contribution in [1.29, 1.82) is 0 Å². The predicted molar refractivity (Wildman–Crippen MR) is 100 cm³/mol. The number of nitrogen functional groups attached to an aromatic ring is 1. The molecule has 0 aliphatic carbocycles. The van der Waals surface area contributed by atoms with Crippen molar-refractivity contribution in [2.24, 2.45) is 10.2 Å². The number of fused-ring (bicyclic) bond motifs is 1. The molecule has 0 aromatic heterocycles. The van der Waals surface area contributed by atoms with Crippen LogP contribution in [0.2, 0.25) is 0 Å². The second kappa shape index (κ2) is 6.83. The molecule has 146 valence electrons. The molecule has 5 N–H and O–H groups in total. The first-order valence-corrected chi connectivity index (χ1v) is 10.4. The molecule has 0 saturated heterocycles. The first-order chi connectivity index (χ1) is 13.0. The Morgan fingerprint density at radius 2 is 1.50 bits per heavy atom. The highest BCUT2D eigenvalue weighted by atomic mass is 32.2. The van der Waals surface area contributed by atoms with Crippen LogP contribution in [0.5, 0.6) is 5.75 Å². The molecule has 10 nitrogen and oxygen atoms in total. The Labute approximate surface area is 159 Å². The molecular weight excluding hydrogens is 410 g/mol. The number of hydrogen-bond acceptors (Lipinski definition) is 8. The monoisotopic (exact) mass is 423 g/mol. The van der Waals surface area contributed by atoms with Gasteiger partial charge in [0.15, 0.2) is 0 Å². The summed E-state index contributed by atoms with van der Waals surface area (Å²) in [7, 11) is -9.01. The fourth-order valence-corrected chi connectivity index (χ4v) is 3.72. The van der Waals surface area contributed by atoms with Gasteiger partial charge in [0.2, 0.25) is 0 Å². The van der Waals surface area contributed by atoms with E-state index in [0.29, 0.717) is 0 Å². The van der Waals surface area contributed by atoms with E-state index in [1.165, 1.54) is 30.3 Å². The third kappa shape index (κ3) is 3.80. The Morgan fingerprint density at radius 1 is 0.857 bits per heavy atom. The highest BCUT2D eigenvalue weighted by Crippen LogP contribution is 2.40. The highest BCUT2D eigenvalue weighted by Gasteiger charge is 2.20. The van der Waals surface area contributed by atoms with E-state index in [1.807, 2.05) is 0 Å². The summed E-state index contributed by atoms with van der Waals surface area (Å²) in [6.45, 7) is 0. The van der Waals surface area contributed by atoms with Gasteiger partial charge in [0, 0.05) is 5.39 Å².